The Morgan fingerprint density at radius 2 is 2.21 bits per heavy atom. The van der Waals surface area contributed by atoms with Gasteiger partial charge in [-0.2, -0.15) is 0 Å². The van der Waals surface area contributed by atoms with Crippen LogP contribution in [0.15, 0.2) is 18.2 Å². The van der Waals surface area contributed by atoms with Crippen LogP contribution in [0.2, 0.25) is 0 Å². The van der Waals surface area contributed by atoms with Crippen LogP contribution < -0.4 is 10.2 Å². The van der Waals surface area contributed by atoms with Gasteiger partial charge in [-0.3, -0.25) is 0 Å². The van der Waals surface area contributed by atoms with Gasteiger partial charge >= 0.3 is 0 Å². The van der Waals surface area contributed by atoms with Crippen molar-refractivity contribution in [3.8, 4) is 0 Å². The second kappa shape index (κ2) is 2.71. The first-order valence-electron chi connectivity index (χ1n) is 7.93. The fraction of sp³-hybridized carbons (Fsp3) is 0.647. The Balaban J connectivity index is 1.66. The fourth-order valence-corrected chi connectivity index (χ4v) is 6.25. The summed E-state index contributed by atoms with van der Waals surface area (Å²) in [6.07, 6.45) is 4.56. The molecule has 1 aromatic rings. The van der Waals surface area contributed by atoms with Gasteiger partial charge in [-0.15, -0.1) is 0 Å². The summed E-state index contributed by atoms with van der Waals surface area (Å²) in [5, 5.41) is 3.60. The first-order valence-corrected chi connectivity index (χ1v) is 7.93. The number of nitrogens with one attached hydrogen (secondary N) is 1. The average molecular weight is 252 g/mol. The normalized spacial score (nSPS) is 47.7. The molecule has 0 radical (unpaired) electrons. The predicted molar refractivity (Wildman–Crippen MR) is 75.3 cm³/mol. The number of benzene rings is 1. The molecule has 3 saturated carbocycles. The molecule has 2 aliphatic heterocycles. The summed E-state index contributed by atoms with van der Waals surface area (Å²) in [6.45, 7) is 4.78. The largest absolute Gasteiger partial charge is 0.369 e. The van der Waals surface area contributed by atoms with Crippen molar-refractivity contribution in [2.75, 3.05) is 24.5 Å². The van der Waals surface area contributed by atoms with Crippen molar-refractivity contribution in [1.82, 2.24) is 5.32 Å². The van der Waals surface area contributed by atoms with E-state index in [0.717, 1.165) is 24.9 Å². The molecule has 2 heterocycles. The van der Waals surface area contributed by atoms with Crippen molar-refractivity contribution in [2.45, 2.75) is 31.2 Å². The molecule has 2 spiro atoms. The third-order valence-corrected chi connectivity index (χ3v) is 7.06. The van der Waals surface area contributed by atoms with Crippen molar-refractivity contribution >= 4 is 5.69 Å². The van der Waals surface area contributed by atoms with Gasteiger partial charge in [0.1, 0.15) is 0 Å². The Labute approximate surface area is 114 Å². The molecule has 4 atom stereocenters. The lowest BCUT2D eigenvalue weighted by Crippen LogP contribution is -2.44. The standard InChI is InChI=1S/C17H20N2/c1-2-11-9-18-4-5-19-10-16-7-12(16)6-13-8-17(13,16)14(3-1)15(11)19/h1-3,12-13,18H,4-10H2/t12-,13?,16?,17?/m0/s1. The Hall–Kier alpha value is -1.02. The zero-order valence-electron chi connectivity index (χ0n) is 11.3. The van der Waals surface area contributed by atoms with Gasteiger partial charge in [-0.1, -0.05) is 18.2 Å². The molecule has 0 aromatic heterocycles. The van der Waals surface area contributed by atoms with Crippen LogP contribution in [0.4, 0.5) is 5.69 Å². The highest BCUT2D eigenvalue weighted by Gasteiger charge is 2.83. The molecule has 6 rings (SSSR count). The highest BCUT2D eigenvalue weighted by molar-refractivity contribution is 5.70. The fourth-order valence-electron chi connectivity index (χ4n) is 6.25. The SMILES string of the molecule is c1cc2c3c(c1)C14CC1C[C@H]1CC14CN3CCNC2. The Kier molecular flexibility index (Phi) is 1.40. The van der Waals surface area contributed by atoms with E-state index < -0.39 is 0 Å². The summed E-state index contributed by atoms with van der Waals surface area (Å²) in [4.78, 5) is 2.73. The smallest absolute Gasteiger partial charge is 0.0451 e. The lowest BCUT2D eigenvalue weighted by Gasteiger charge is -2.42. The number of anilines is 1. The van der Waals surface area contributed by atoms with E-state index in [1.54, 1.807) is 16.8 Å². The molecule has 98 valence electrons. The first-order chi connectivity index (χ1) is 9.35. The topological polar surface area (TPSA) is 15.3 Å². The van der Waals surface area contributed by atoms with Crippen molar-refractivity contribution < 1.29 is 0 Å². The van der Waals surface area contributed by atoms with Crippen LogP contribution >= 0.6 is 0 Å². The summed E-state index contributed by atoms with van der Waals surface area (Å²) < 4.78 is 0. The van der Waals surface area contributed by atoms with Gasteiger partial charge in [0.25, 0.3) is 0 Å². The van der Waals surface area contributed by atoms with Crippen LogP contribution in [-0.2, 0) is 12.0 Å². The molecule has 0 amide bonds. The van der Waals surface area contributed by atoms with E-state index in [1.165, 1.54) is 32.4 Å². The second-order valence-corrected chi connectivity index (χ2v) is 7.58. The van der Waals surface area contributed by atoms with Crippen LogP contribution in [0.5, 0.6) is 0 Å². The average Bonchev–Trinajstić information content (AvgIpc) is 3.30. The van der Waals surface area contributed by atoms with Gasteiger partial charge in [0, 0.05) is 42.7 Å². The van der Waals surface area contributed by atoms with Crippen LogP contribution in [0.3, 0.4) is 0 Å². The second-order valence-electron chi connectivity index (χ2n) is 7.58. The zero-order valence-corrected chi connectivity index (χ0v) is 11.3. The van der Waals surface area contributed by atoms with Crippen LogP contribution in [0.25, 0.3) is 0 Å². The molecule has 1 N–H and O–H groups in total. The summed E-state index contributed by atoms with van der Waals surface area (Å²) in [6, 6.07) is 7.13. The number of rotatable bonds is 0. The highest BCUT2D eigenvalue weighted by atomic mass is 15.2. The molecule has 0 saturated heterocycles. The van der Waals surface area contributed by atoms with Gasteiger partial charge in [0.15, 0.2) is 0 Å². The van der Waals surface area contributed by atoms with Gasteiger partial charge in [-0.05, 0) is 42.2 Å². The number of hydrogen-bond donors (Lipinski definition) is 1. The summed E-state index contributed by atoms with van der Waals surface area (Å²) >= 11 is 0. The third kappa shape index (κ3) is 0.875. The minimum atomic E-state index is 0.629. The molecule has 0 bridgehead atoms. The molecule has 19 heavy (non-hydrogen) atoms. The third-order valence-electron chi connectivity index (χ3n) is 7.06. The van der Waals surface area contributed by atoms with Crippen molar-refractivity contribution in [2.24, 2.45) is 17.3 Å². The summed E-state index contributed by atoms with van der Waals surface area (Å²) in [5.41, 5.74) is 6.25. The van der Waals surface area contributed by atoms with E-state index in [2.05, 4.69) is 28.4 Å². The number of nitrogens with zero attached hydrogens (tertiary/aromatic N) is 1. The van der Waals surface area contributed by atoms with Gasteiger partial charge < -0.3 is 10.2 Å². The van der Waals surface area contributed by atoms with Gasteiger partial charge in [0.2, 0.25) is 0 Å². The predicted octanol–water partition coefficient (Wildman–Crippen LogP) is 2.28. The molecule has 2 heteroatoms. The van der Waals surface area contributed by atoms with Crippen LogP contribution in [0, 0.1) is 17.3 Å². The minimum absolute atomic E-state index is 0.629. The molecule has 3 aliphatic carbocycles. The van der Waals surface area contributed by atoms with Crippen LogP contribution in [-0.4, -0.2) is 19.6 Å². The molecule has 3 unspecified atom stereocenters. The van der Waals surface area contributed by atoms with Crippen molar-refractivity contribution in [3.63, 3.8) is 0 Å². The molecule has 2 nitrogen and oxygen atoms in total. The molecule has 5 aliphatic rings. The molecular weight excluding hydrogens is 232 g/mol. The summed E-state index contributed by atoms with van der Waals surface area (Å²) in [5.74, 6) is 2.11. The van der Waals surface area contributed by atoms with E-state index in [0.29, 0.717) is 10.8 Å². The maximum Gasteiger partial charge on any atom is 0.0451 e. The van der Waals surface area contributed by atoms with Crippen molar-refractivity contribution in [1.29, 1.82) is 0 Å². The lowest BCUT2D eigenvalue weighted by molar-refractivity contribution is 0.352. The Morgan fingerprint density at radius 1 is 1.21 bits per heavy atom. The van der Waals surface area contributed by atoms with E-state index in [4.69, 9.17) is 0 Å². The van der Waals surface area contributed by atoms with E-state index in [-0.39, 0.29) is 0 Å². The van der Waals surface area contributed by atoms with E-state index >= 15 is 0 Å². The minimum Gasteiger partial charge on any atom is -0.369 e. The van der Waals surface area contributed by atoms with E-state index in [1.807, 2.05) is 0 Å². The zero-order chi connectivity index (χ0) is 12.2. The maximum absolute atomic E-state index is 3.60. The van der Waals surface area contributed by atoms with Gasteiger partial charge in [0.05, 0.1) is 0 Å². The van der Waals surface area contributed by atoms with Gasteiger partial charge in [-0.25, -0.2) is 0 Å². The van der Waals surface area contributed by atoms with E-state index in [9.17, 15) is 0 Å². The maximum atomic E-state index is 3.60. The number of hydrogen-bond acceptors (Lipinski definition) is 2. The number of para-hydroxylation sites is 1. The summed E-state index contributed by atoms with van der Waals surface area (Å²) in [7, 11) is 0. The van der Waals surface area contributed by atoms with Crippen LogP contribution in [0.1, 0.15) is 30.4 Å². The molecule has 1 aromatic carbocycles. The Bertz CT molecular complexity index is 609. The highest BCUT2D eigenvalue weighted by Crippen LogP contribution is 2.86. The Morgan fingerprint density at radius 3 is 3.21 bits per heavy atom. The monoisotopic (exact) mass is 252 g/mol. The first kappa shape index (κ1) is 9.82. The molecular formula is C17H20N2. The molecule has 3 fully saturated rings. The van der Waals surface area contributed by atoms with Crippen molar-refractivity contribution in [3.05, 3.63) is 29.3 Å². The quantitative estimate of drug-likeness (QED) is 0.762. The lowest BCUT2D eigenvalue weighted by atomic mass is 9.74.